The molecule has 126 valence electrons. The third kappa shape index (κ3) is 3.81. The van der Waals surface area contributed by atoms with E-state index in [2.05, 4.69) is 0 Å². The SMILES string of the molecule is CCOC(=O)c1ccc(N2C(=O)/C(=C/c3ccccc3)SC2=S)cc1. The van der Waals surface area contributed by atoms with Gasteiger partial charge in [-0.1, -0.05) is 54.3 Å². The highest BCUT2D eigenvalue weighted by Crippen LogP contribution is 2.36. The summed E-state index contributed by atoms with van der Waals surface area (Å²) in [4.78, 5) is 26.5. The number of carbonyl (C=O) groups excluding carboxylic acids is 2. The van der Waals surface area contributed by atoms with Gasteiger partial charge in [0.2, 0.25) is 0 Å². The molecule has 0 aromatic heterocycles. The maximum absolute atomic E-state index is 12.7. The number of amides is 1. The van der Waals surface area contributed by atoms with Crippen LogP contribution in [0.4, 0.5) is 5.69 Å². The maximum atomic E-state index is 12.7. The number of nitrogens with zero attached hydrogens (tertiary/aromatic N) is 1. The molecule has 4 nitrogen and oxygen atoms in total. The second kappa shape index (κ2) is 7.63. The lowest BCUT2D eigenvalue weighted by molar-refractivity contribution is -0.113. The summed E-state index contributed by atoms with van der Waals surface area (Å²) >= 11 is 6.62. The first kappa shape index (κ1) is 17.4. The summed E-state index contributed by atoms with van der Waals surface area (Å²) in [7, 11) is 0. The van der Waals surface area contributed by atoms with Crippen LogP contribution in [-0.2, 0) is 9.53 Å². The first-order valence-corrected chi connectivity index (χ1v) is 8.93. The van der Waals surface area contributed by atoms with Crippen LogP contribution in [0.3, 0.4) is 0 Å². The monoisotopic (exact) mass is 369 g/mol. The molecular weight excluding hydrogens is 354 g/mol. The Labute approximate surface area is 155 Å². The number of ether oxygens (including phenoxy) is 1. The van der Waals surface area contributed by atoms with E-state index in [1.165, 1.54) is 16.7 Å². The van der Waals surface area contributed by atoms with Gasteiger partial charge in [-0.2, -0.15) is 0 Å². The minimum absolute atomic E-state index is 0.164. The van der Waals surface area contributed by atoms with Crippen LogP contribution in [0.15, 0.2) is 59.5 Å². The fraction of sp³-hybridized carbons (Fsp3) is 0.105. The van der Waals surface area contributed by atoms with Gasteiger partial charge in [0, 0.05) is 0 Å². The quantitative estimate of drug-likeness (QED) is 0.458. The van der Waals surface area contributed by atoms with Crippen molar-refractivity contribution in [3.05, 3.63) is 70.6 Å². The largest absolute Gasteiger partial charge is 0.462 e. The Morgan fingerprint density at radius 2 is 1.84 bits per heavy atom. The van der Waals surface area contributed by atoms with Gasteiger partial charge in [-0.05, 0) is 42.8 Å². The summed E-state index contributed by atoms with van der Waals surface area (Å²) in [5, 5.41) is 0. The standard InChI is InChI=1S/C19H15NO3S2/c1-2-23-18(22)14-8-10-15(11-9-14)20-17(21)16(25-19(20)24)12-13-6-4-3-5-7-13/h3-12H,2H2,1H3/b16-12-. The van der Waals surface area contributed by atoms with E-state index in [0.29, 0.717) is 27.1 Å². The highest BCUT2D eigenvalue weighted by atomic mass is 32.2. The lowest BCUT2D eigenvalue weighted by atomic mass is 10.2. The number of esters is 1. The fourth-order valence-corrected chi connectivity index (χ4v) is 3.65. The normalized spacial score (nSPS) is 15.7. The molecule has 0 bridgehead atoms. The maximum Gasteiger partial charge on any atom is 0.338 e. The molecule has 1 fully saturated rings. The van der Waals surface area contributed by atoms with E-state index in [0.717, 1.165) is 5.56 Å². The molecule has 6 heteroatoms. The van der Waals surface area contributed by atoms with Gasteiger partial charge in [0.05, 0.1) is 22.8 Å². The average molecular weight is 369 g/mol. The van der Waals surface area contributed by atoms with Crippen LogP contribution in [0.5, 0.6) is 0 Å². The van der Waals surface area contributed by atoms with Crippen molar-refractivity contribution in [1.82, 2.24) is 0 Å². The van der Waals surface area contributed by atoms with Gasteiger partial charge >= 0.3 is 5.97 Å². The fourth-order valence-electron chi connectivity index (χ4n) is 2.35. The zero-order valence-electron chi connectivity index (χ0n) is 13.5. The molecule has 0 spiro atoms. The predicted molar refractivity (Wildman–Crippen MR) is 104 cm³/mol. The Morgan fingerprint density at radius 3 is 2.48 bits per heavy atom. The summed E-state index contributed by atoms with van der Waals surface area (Å²) in [5.41, 5.74) is 2.02. The first-order valence-electron chi connectivity index (χ1n) is 7.70. The minimum atomic E-state index is -0.386. The van der Waals surface area contributed by atoms with E-state index < -0.39 is 0 Å². The van der Waals surface area contributed by atoms with Gasteiger partial charge in [-0.15, -0.1) is 0 Å². The second-order valence-electron chi connectivity index (χ2n) is 5.20. The smallest absolute Gasteiger partial charge is 0.338 e. The zero-order chi connectivity index (χ0) is 17.8. The topological polar surface area (TPSA) is 46.6 Å². The van der Waals surface area contributed by atoms with Crippen molar-refractivity contribution >= 4 is 51.9 Å². The van der Waals surface area contributed by atoms with Crippen molar-refractivity contribution in [3.8, 4) is 0 Å². The van der Waals surface area contributed by atoms with E-state index in [1.807, 2.05) is 36.4 Å². The molecule has 1 aliphatic rings. The molecule has 0 radical (unpaired) electrons. The van der Waals surface area contributed by atoms with Crippen molar-refractivity contribution in [1.29, 1.82) is 0 Å². The summed E-state index contributed by atoms with van der Waals surface area (Å²) in [6.07, 6.45) is 1.83. The number of thiocarbonyl (C=S) groups is 1. The number of benzene rings is 2. The van der Waals surface area contributed by atoms with E-state index in [-0.39, 0.29) is 11.9 Å². The van der Waals surface area contributed by atoms with Crippen LogP contribution in [0.1, 0.15) is 22.8 Å². The van der Waals surface area contributed by atoms with Gasteiger partial charge < -0.3 is 4.74 Å². The third-order valence-electron chi connectivity index (χ3n) is 3.53. The van der Waals surface area contributed by atoms with Gasteiger partial charge in [0.15, 0.2) is 4.32 Å². The third-order valence-corrected chi connectivity index (χ3v) is 4.83. The van der Waals surface area contributed by atoms with Crippen LogP contribution in [0.25, 0.3) is 6.08 Å². The molecule has 0 saturated carbocycles. The van der Waals surface area contributed by atoms with Crippen molar-refractivity contribution in [2.24, 2.45) is 0 Å². The van der Waals surface area contributed by atoms with Crippen LogP contribution in [0, 0.1) is 0 Å². The van der Waals surface area contributed by atoms with Crippen molar-refractivity contribution in [3.63, 3.8) is 0 Å². The van der Waals surface area contributed by atoms with Crippen molar-refractivity contribution < 1.29 is 14.3 Å². The summed E-state index contributed by atoms with van der Waals surface area (Å²) in [5.74, 6) is -0.550. The molecule has 1 saturated heterocycles. The van der Waals surface area contributed by atoms with Crippen LogP contribution >= 0.6 is 24.0 Å². The molecule has 25 heavy (non-hydrogen) atoms. The molecule has 1 aliphatic heterocycles. The van der Waals surface area contributed by atoms with Gasteiger partial charge in [-0.3, -0.25) is 9.69 Å². The highest BCUT2D eigenvalue weighted by Gasteiger charge is 2.33. The van der Waals surface area contributed by atoms with Crippen LogP contribution in [0.2, 0.25) is 0 Å². The summed E-state index contributed by atoms with van der Waals surface area (Å²) in [6.45, 7) is 2.07. The lowest BCUT2D eigenvalue weighted by Crippen LogP contribution is -2.27. The zero-order valence-corrected chi connectivity index (χ0v) is 15.1. The number of thioether (sulfide) groups is 1. The Bertz CT molecular complexity index is 845. The Hall–Kier alpha value is -2.44. The van der Waals surface area contributed by atoms with Crippen molar-refractivity contribution in [2.75, 3.05) is 11.5 Å². The van der Waals surface area contributed by atoms with Crippen LogP contribution in [-0.4, -0.2) is 22.8 Å². The molecule has 2 aromatic rings. The van der Waals surface area contributed by atoms with Crippen molar-refractivity contribution in [2.45, 2.75) is 6.92 Å². The minimum Gasteiger partial charge on any atom is -0.462 e. The van der Waals surface area contributed by atoms with Gasteiger partial charge in [0.25, 0.3) is 5.91 Å². The predicted octanol–water partition coefficient (Wildman–Crippen LogP) is 4.27. The second-order valence-corrected chi connectivity index (χ2v) is 6.87. The molecule has 1 amide bonds. The number of carbonyl (C=O) groups is 2. The molecule has 2 aromatic carbocycles. The molecule has 0 unspecified atom stereocenters. The lowest BCUT2D eigenvalue weighted by Gasteiger charge is -2.14. The highest BCUT2D eigenvalue weighted by molar-refractivity contribution is 8.27. The van der Waals surface area contributed by atoms with Gasteiger partial charge in [-0.25, -0.2) is 4.79 Å². The number of hydrogen-bond donors (Lipinski definition) is 0. The molecule has 0 aliphatic carbocycles. The number of rotatable bonds is 4. The van der Waals surface area contributed by atoms with E-state index in [1.54, 1.807) is 31.2 Å². The Morgan fingerprint density at radius 1 is 1.16 bits per heavy atom. The summed E-state index contributed by atoms with van der Waals surface area (Å²) in [6, 6.07) is 16.3. The van der Waals surface area contributed by atoms with Crippen LogP contribution < -0.4 is 4.90 Å². The molecule has 0 atom stereocenters. The molecule has 3 rings (SSSR count). The molecule has 0 N–H and O–H groups in total. The number of anilines is 1. The first-order chi connectivity index (χ1) is 12.1. The average Bonchev–Trinajstić information content (AvgIpc) is 2.90. The molecule has 1 heterocycles. The van der Waals surface area contributed by atoms with E-state index >= 15 is 0 Å². The van der Waals surface area contributed by atoms with E-state index in [9.17, 15) is 9.59 Å². The summed E-state index contributed by atoms with van der Waals surface area (Å²) < 4.78 is 5.43. The number of hydrogen-bond acceptors (Lipinski definition) is 5. The van der Waals surface area contributed by atoms with E-state index in [4.69, 9.17) is 17.0 Å². The molecular formula is C19H15NO3S2. The Kier molecular flexibility index (Phi) is 5.31. The van der Waals surface area contributed by atoms with Gasteiger partial charge in [0.1, 0.15) is 0 Å². The Balaban J connectivity index is 1.83.